The number of benzene rings is 4. The molecular weight excluding hydrogens is 425 g/mol. The fraction of sp³-hybridized carbons (Fsp3) is 0.111. The van der Waals surface area contributed by atoms with Crippen LogP contribution in [0.1, 0.15) is 5.56 Å². The predicted octanol–water partition coefficient (Wildman–Crippen LogP) is 6.63. The van der Waals surface area contributed by atoms with Crippen LogP contribution in [0.15, 0.2) is 79.0 Å². The second-order valence-electron chi connectivity index (χ2n) is 8.86. The van der Waals surface area contributed by atoms with Gasteiger partial charge in [-0.25, -0.2) is 0 Å². The summed E-state index contributed by atoms with van der Waals surface area (Å²) >= 11 is -1.88. The summed E-state index contributed by atoms with van der Waals surface area (Å²) in [5.41, 5.74) is 2.59. The Hall–Kier alpha value is -3.16. The number of hydrogen-bond acceptors (Lipinski definition) is 2. The average Bonchev–Trinajstić information content (AvgIpc) is 2.76. The number of hydrogen-bond donors (Lipinski definition) is 0. The van der Waals surface area contributed by atoms with Crippen LogP contribution in [-0.4, -0.2) is 18.3 Å². The van der Waals surface area contributed by atoms with E-state index in [1.54, 1.807) is 0 Å². The number of nitriles is 1. The fourth-order valence-corrected chi connectivity index (χ4v) is 6.69. The van der Waals surface area contributed by atoms with E-state index in [9.17, 15) is 5.26 Å². The van der Waals surface area contributed by atoms with Crippen molar-refractivity contribution in [2.45, 2.75) is 17.3 Å². The molecule has 0 unspecified atom stereocenters. The minimum absolute atomic E-state index is 0.684. The molecule has 0 N–H and O–H groups in total. The predicted molar refractivity (Wildman–Crippen MR) is 130 cm³/mol. The summed E-state index contributed by atoms with van der Waals surface area (Å²) in [6.45, 7) is 0. The first-order valence-electron chi connectivity index (χ1n) is 10.2. The molecule has 0 aliphatic rings. The topological polar surface area (TPSA) is 36.7 Å². The van der Waals surface area contributed by atoms with E-state index >= 15 is 0 Å². The fourth-order valence-electron chi connectivity index (χ4n) is 4.23. The van der Waals surface area contributed by atoms with Crippen LogP contribution in [0.3, 0.4) is 0 Å². The van der Waals surface area contributed by atoms with Crippen LogP contribution in [0, 0.1) is 11.3 Å². The van der Waals surface area contributed by atoms with Crippen LogP contribution in [0.4, 0.5) is 0 Å². The third-order valence-electron chi connectivity index (χ3n) is 5.88. The monoisotopic (exact) mass is 448 g/mol. The van der Waals surface area contributed by atoms with Gasteiger partial charge in [0.15, 0.2) is 0 Å². The Morgan fingerprint density at radius 3 is 2.30 bits per heavy atom. The average molecular weight is 447 g/mol. The van der Waals surface area contributed by atoms with Crippen molar-refractivity contribution in [1.29, 1.82) is 5.26 Å². The van der Waals surface area contributed by atoms with Gasteiger partial charge in [-0.2, -0.15) is 0 Å². The quantitative estimate of drug-likeness (QED) is 0.225. The number of pyridine rings is 1. The van der Waals surface area contributed by atoms with Gasteiger partial charge in [-0.1, -0.05) is 6.07 Å². The van der Waals surface area contributed by atoms with Gasteiger partial charge in [0.2, 0.25) is 0 Å². The van der Waals surface area contributed by atoms with E-state index in [-0.39, 0.29) is 0 Å². The van der Waals surface area contributed by atoms with Gasteiger partial charge < -0.3 is 0 Å². The van der Waals surface area contributed by atoms with Crippen molar-refractivity contribution in [3.63, 3.8) is 0 Å². The van der Waals surface area contributed by atoms with E-state index < -0.39 is 13.3 Å². The Bertz CT molecular complexity index is 1490. The van der Waals surface area contributed by atoms with Crippen LogP contribution < -0.4 is 4.40 Å². The van der Waals surface area contributed by atoms with Gasteiger partial charge in [-0.05, 0) is 0 Å². The standard InChI is InChI=1S/C27H22GeN2/c1-28(2,3)22-9-11-24-19(16-22)8-10-26-25(24)12-13-30-27(26)20-14-18-6-4-5-7-23(18)21(15-20)17-29/h4-16H,1-3H3. The van der Waals surface area contributed by atoms with Crippen molar-refractivity contribution in [2.24, 2.45) is 0 Å². The van der Waals surface area contributed by atoms with Crippen molar-refractivity contribution in [1.82, 2.24) is 4.98 Å². The van der Waals surface area contributed by atoms with E-state index in [0.717, 1.165) is 27.4 Å². The van der Waals surface area contributed by atoms with E-state index in [2.05, 4.69) is 71.9 Å². The molecule has 0 aliphatic heterocycles. The number of nitrogens with zero attached hydrogens (tertiary/aromatic N) is 2. The van der Waals surface area contributed by atoms with Crippen LogP contribution in [0.2, 0.25) is 17.3 Å². The van der Waals surface area contributed by atoms with Gasteiger partial charge in [0.05, 0.1) is 0 Å². The number of aromatic nitrogens is 1. The van der Waals surface area contributed by atoms with Crippen LogP contribution >= 0.6 is 0 Å². The molecule has 5 rings (SSSR count). The zero-order valence-corrected chi connectivity index (χ0v) is 19.5. The molecule has 0 fully saturated rings. The molecule has 1 heterocycles. The molecule has 0 saturated carbocycles. The molecule has 0 bridgehead atoms. The molecule has 0 aliphatic carbocycles. The molecule has 2 nitrogen and oxygen atoms in total. The van der Waals surface area contributed by atoms with Crippen molar-refractivity contribution in [3.8, 4) is 17.3 Å². The van der Waals surface area contributed by atoms with Gasteiger partial charge in [-0.3, -0.25) is 0 Å². The van der Waals surface area contributed by atoms with Gasteiger partial charge in [0.25, 0.3) is 0 Å². The van der Waals surface area contributed by atoms with E-state index in [1.807, 2.05) is 30.5 Å². The van der Waals surface area contributed by atoms with Crippen molar-refractivity contribution in [2.75, 3.05) is 0 Å². The first-order valence-corrected chi connectivity index (χ1v) is 17.6. The SMILES string of the molecule is [CH3][Ge]([CH3])([CH3])[c]1ccc2c(ccc3c(-c4cc(C#N)c5ccccc5c4)nccc32)c1. The Kier molecular flexibility index (Phi) is 4.38. The first kappa shape index (κ1) is 18.8. The van der Waals surface area contributed by atoms with Crippen molar-refractivity contribution < 1.29 is 0 Å². The van der Waals surface area contributed by atoms with Crippen molar-refractivity contribution in [3.05, 3.63) is 84.6 Å². The van der Waals surface area contributed by atoms with E-state index in [0.29, 0.717) is 5.56 Å². The first-order chi connectivity index (χ1) is 14.5. The molecule has 3 heteroatoms. The summed E-state index contributed by atoms with van der Waals surface area (Å²) in [6.07, 6.45) is 1.88. The molecule has 0 spiro atoms. The minimum atomic E-state index is -1.88. The van der Waals surface area contributed by atoms with Crippen LogP contribution in [-0.2, 0) is 0 Å². The van der Waals surface area contributed by atoms with Gasteiger partial charge >= 0.3 is 173 Å². The third-order valence-corrected chi connectivity index (χ3v) is 10.2. The maximum atomic E-state index is 9.69. The Morgan fingerprint density at radius 1 is 0.733 bits per heavy atom. The Balaban J connectivity index is 1.78. The molecule has 0 amide bonds. The summed E-state index contributed by atoms with van der Waals surface area (Å²) in [4.78, 5) is 4.72. The molecule has 0 saturated heterocycles. The van der Waals surface area contributed by atoms with E-state index in [4.69, 9.17) is 4.98 Å². The summed E-state index contributed by atoms with van der Waals surface area (Å²) in [6, 6.07) is 27.9. The Labute approximate surface area is 179 Å². The summed E-state index contributed by atoms with van der Waals surface area (Å²) in [5, 5.41) is 16.6. The summed E-state index contributed by atoms with van der Waals surface area (Å²) in [7, 11) is 0. The second kappa shape index (κ2) is 6.97. The van der Waals surface area contributed by atoms with Crippen molar-refractivity contribution >= 4 is 50.0 Å². The molecule has 1 aromatic heterocycles. The third kappa shape index (κ3) is 3.07. The van der Waals surface area contributed by atoms with Gasteiger partial charge in [-0.15, -0.1) is 0 Å². The second-order valence-corrected chi connectivity index (χ2v) is 19.5. The summed E-state index contributed by atoms with van der Waals surface area (Å²) < 4.78 is 1.52. The van der Waals surface area contributed by atoms with Gasteiger partial charge in [0, 0.05) is 0 Å². The van der Waals surface area contributed by atoms with Gasteiger partial charge in [0.1, 0.15) is 0 Å². The number of fused-ring (bicyclic) bond motifs is 4. The molecule has 0 radical (unpaired) electrons. The number of rotatable bonds is 2. The normalized spacial score (nSPS) is 11.8. The van der Waals surface area contributed by atoms with Crippen LogP contribution in [0.25, 0.3) is 43.6 Å². The molecule has 144 valence electrons. The zero-order chi connectivity index (χ0) is 20.9. The summed E-state index contributed by atoms with van der Waals surface area (Å²) in [5.74, 6) is 7.28. The maximum absolute atomic E-state index is 9.69. The Morgan fingerprint density at radius 2 is 1.50 bits per heavy atom. The molecule has 30 heavy (non-hydrogen) atoms. The van der Waals surface area contributed by atoms with E-state index in [1.165, 1.54) is 20.6 Å². The van der Waals surface area contributed by atoms with Crippen LogP contribution in [0.5, 0.6) is 0 Å². The molecular formula is C27H22GeN2. The zero-order valence-electron chi connectivity index (χ0n) is 17.4. The molecule has 5 aromatic rings. The molecule has 0 atom stereocenters. The molecule has 4 aromatic carbocycles.